The predicted octanol–water partition coefficient (Wildman–Crippen LogP) is 1.22. The highest BCUT2D eigenvalue weighted by molar-refractivity contribution is 7.18. The summed E-state index contributed by atoms with van der Waals surface area (Å²) in [6.07, 6.45) is 4.83. The maximum atomic E-state index is 12.7. The van der Waals surface area contributed by atoms with E-state index in [1.54, 1.807) is 0 Å². The summed E-state index contributed by atoms with van der Waals surface area (Å²) in [5.74, 6) is 0.433. The molecule has 1 amide bonds. The van der Waals surface area contributed by atoms with Gasteiger partial charge in [-0.05, 0) is 32.2 Å². The van der Waals surface area contributed by atoms with Gasteiger partial charge in [-0.25, -0.2) is 4.98 Å². The van der Waals surface area contributed by atoms with Crippen molar-refractivity contribution in [1.29, 1.82) is 0 Å². The molecular formula is C14H21N5OS. The summed E-state index contributed by atoms with van der Waals surface area (Å²) in [6, 6.07) is 1.07. The highest BCUT2D eigenvalue weighted by Crippen LogP contribution is 2.32. The van der Waals surface area contributed by atoms with Gasteiger partial charge in [-0.3, -0.25) is 9.69 Å². The van der Waals surface area contributed by atoms with Crippen molar-refractivity contribution in [2.75, 3.05) is 37.2 Å². The van der Waals surface area contributed by atoms with Gasteiger partial charge in [-0.2, -0.15) is 0 Å². The largest absolute Gasteiger partial charge is 0.382 e. The Morgan fingerprint density at radius 3 is 2.95 bits per heavy atom. The third kappa shape index (κ3) is 2.60. The summed E-state index contributed by atoms with van der Waals surface area (Å²) in [4.78, 5) is 22.1. The fourth-order valence-corrected chi connectivity index (χ4v) is 4.20. The molecule has 21 heavy (non-hydrogen) atoms. The third-order valence-corrected chi connectivity index (χ3v) is 5.62. The number of hydrogen-bond donors (Lipinski definition) is 2. The van der Waals surface area contributed by atoms with Crippen molar-refractivity contribution >= 4 is 28.2 Å². The summed E-state index contributed by atoms with van der Waals surface area (Å²) in [5, 5.41) is 4.11. The van der Waals surface area contributed by atoms with Gasteiger partial charge in [0.25, 0.3) is 5.91 Å². The fourth-order valence-electron chi connectivity index (χ4n) is 3.27. The van der Waals surface area contributed by atoms with E-state index < -0.39 is 0 Å². The Morgan fingerprint density at radius 2 is 2.14 bits per heavy atom. The van der Waals surface area contributed by atoms with E-state index >= 15 is 0 Å². The van der Waals surface area contributed by atoms with Gasteiger partial charge in [0.2, 0.25) is 0 Å². The van der Waals surface area contributed by atoms with Crippen LogP contribution in [0.1, 0.15) is 35.4 Å². The number of thiazole rings is 1. The third-order valence-electron chi connectivity index (χ3n) is 4.63. The number of nitrogens with zero attached hydrogens (tertiary/aromatic N) is 3. The summed E-state index contributed by atoms with van der Waals surface area (Å²) < 4.78 is 0. The van der Waals surface area contributed by atoms with Crippen molar-refractivity contribution in [2.45, 2.75) is 37.8 Å². The number of nitrogen functional groups attached to an aromatic ring is 1. The molecule has 3 N–H and O–H groups in total. The lowest BCUT2D eigenvalue weighted by molar-refractivity contribution is 0.0576. The molecule has 2 saturated heterocycles. The number of aromatic nitrogens is 1. The molecule has 3 heterocycles. The molecule has 4 rings (SSSR count). The zero-order chi connectivity index (χ0) is 14.4. The molecule has 0 bridgehead atoms. The van der Waals surface area contributed by atoms with Crippen LogP contribution in [-0.4, -0.2) is 59.0 Å². The number of piperazine rings is 1. The highest BCUT2D eigenvalue weighted by atomic mass is 32.1. The van der Waals surface area contributed by atoms with Crippen LogP contribution in [0.5, 0.6) is 0 Å². The molecule has 1 atom stereocenters. The number of carbonyl (C=O) groups is 1. The minimum absolute atomic E-state index is 0.0559. The second-order valence-corrected chi connectivity index (χ2v) is 7.23. The molecule has 3 fully saturated rings. The van der Waals surface area contributed by atoms with Crippen LogP contribution in [0.4, 0.5) is 10.9 Å². The Labute approximate surface area is 128 Å². The molecule has 1 unspecified atom stereocenters. The summed E-state index contributed by atoms with van der Waals surface area (Å²) in [6.45, 7) is 3.81. The van der Waals surface area contributed by atoms with Crippen molar-refractivity contribution < 1.29 is 4.79 Å². The van der Waals surface area contributed by atoms with E-state index in [0.29, 0.717) is 22.8 Å². The summed E-state index contributed by atoms with van der Waals surface area (Å²) >= 11 is 1.40. The molecule has 0 spiro atoms. The molecular weight excluding hydrogens is 286 g/mol. The molecule has 0 aromatic carbocycles. The van der Waals surface area contributed by atoms with Crippen molar-refractivity contribution in [2.24, 2.45) is 0 Å². The number of nitrogens with one attached hydrogen (secondary N) is 1. The molecule has 1 aliphatic carbocycles. The molecule has 2 aliphatic heterocycles. The Bertz CT molecular complexity index is 556. The SMILES string of the molecule is Nc1nc(NC2CC2)sc1C(=O)N1CCN2CCCC2C1. The van der Waals surface area contributed by atoms with Crippen LogP contribution in [0.15, 0.2) is 0 Å². The lowest BCUT2D eigenvalue weighted by Crippen LogP contribution is -2.52. The van der Waals surface area contributed by atoms with Gasteiger partial charge in [0.15, 0.2) is 5.13 Å². The van der Waals surface area contributed by atoms with Crippen LogP contribution >= 0.6 is 11.3 Å². The normalized spacial score (nSPS) is 25.9. The molecule has 1 aromatic rings. The minimum atomic E-state index is 0.0559. The Hall–Kier alpha value is -1.34. The molecule has 1 aromatic heterocycles. The second-order valence-electron chi connectivity index (χ2n) is 6.24. The molecule has 114 valence electrons. The molecule has 3 aliphatic rings. The predicted molar refractivity (Wildman–Crippen MR) is 83.7 cm³/mol. The molecule has 0 radical (unpaired) electrons. The first-order valence-corrected chi connectivity index (χ1v) is 8.58. The average molecular weight is 307 g/mol. The van der Waals surface area contributed by atoms with Gasteiger partial charge < -0.3 is 16.0 Å². The zero-order valence-electron chi connectivity index (χ0n) is 12.0. The van der Waals surface area contributed by atoms with Crippen molar-refractivity contribution in [3.8, 4) is 0 Å². The van der Waals surface area contributed by atoms with E-state index in [9.17, 15) is 4.79 Å². The number of amides is 1. The fraction of sp³-hybridized carbons (Fsp3) is 0.714. The molecule has 1 saturated carbocycles. The lowest BCUT2D eigenvalue weighted by atomic mass is 10.1. The van der Waals surface area contributed by atoms with Gasteiger partial charge >= 0.3 is 0 Å². The summed E-state index contributed by atoms with van der Waals surface area (Å²) in [7, 11) is 0. The van der Waals surface area contributed by atoms with Crippen LogP contribution in [-0.2, 0) is 0 Å². The van der Waals surface area contributed by atoms with E-state index in [0.717, 1.165) is 24.8 Å². The first-order valence-electron chi connectivity index (χ1n) is 7.77. The van der Waals surface area contributed by atoms with E-state index in [2.05, 4.69) is 15.2 Å². The van der Waals surface area contributed by atoms with Crippen LogP contribution < -0.4 is 11.1 Å². The number of anilines is 2. The zero-order valence-corrected chi connectivity index (χ0v) is 12.9. The number of fused-ring (bicyclic) bond motifs is 1. The maximum Gasteiger partial charge on any atom is 0.267 e. The topological polar surface area (TPSA) is 74.5 Å². The average Bonchev–Trinajstić information content (AvgIpc) is 3.03. The van der Waals surface area contributed by atoms with Gasteiger partial charge in [0.1, 0.15) is 10.7 Å². The Morgan fingerprint density at radius 1 is 1.29 bits per heavy atom. The summed E-state index contributed by atoms with van der Waals surface area (Å²) in [5.41, 5.74) is 5.95. The quantitative estimate of drug-likeness (QED) is 0.878. The van der Waals surface area contributed by atoms with Crippen LogP contribution in [0.3, 0.4) is 0 Å². The van der Waals surface area contributed by atoms with Crippen LogP contribution in [0, 0.1) is 0 Å². The number of rotatable bonds is 3. The Balaban J connectivity index is 1.47. The number of carbonyl (C=O) groups excluding carboxylic acids is 1. The standard InChI is InChI=1S/C14H21N5OS/c15-12-11(21-14(17-12)16-9-3-4-9)13(20)19-7-6-18-5-1-2-10(18)8-19/h9-10H,1-8,15H2,(H,16,17). The Kier molecular flexibility index (Phi) is 3.26. The number of nitrogens with two attached hydrogens (primary N) is 1. The monoisotopic (exact) mass is 307 g/mol. The van der Waals surface area contributed by atoms with Gasteiger partial charge in [0, 0.05) is 31.7 Å². The lowest BCUT2D eigenvalue weighted by Gasteiger charge is -2.37. The smallest absolute Gasteiger partial charge is 0.267 e. The first kappa shape index (κ1) is 13.3. The van der Waals surface area contributed by atoms with E-state index in [-0.39, 0.29) is 5.91 Å². The first-order chi connectivity index (χ1) is 10.2. The van der Waals surface area contributed by atoms with Crippen molar-refractivity contribution in [3.63, 3.8) is 0 Å². The molecule has 7 heteroatoms. The maximum absolute atomic E-state index is 12.7. The minimum Gasteiger partial charge on any atom is -0.382 e. The van der Waals surface area contributed by atoms with Crippen molar-refractivity contribution in [1.82, 2.24) is 14.8 Å². The van der Waals surface area contributed by atoms with E-state index in [4.69, 9.17) is 5.73 Å². The van der Waals surface area contributed by atoms with Crippen molar-refractivity contribution in [3.05, 3.63) is 4.88 Å². The van der Waals surface area contributed by atoms with Gasteiger partial charge in [-0.15, -0.1) is 0 Å². The number of hydrogen-bond acceptors (Lipinski definition) is 6. The van der Waals surface area contributed by atoms with Gasteiger partial charge in [-0.1, -0.05) is 11.3 Å². The van der Waals surface area contributed by atoms with E-state index in [1.165, 1.54) is 43.6 Å². The second kappa shape index (κ2) is 5.14. The van der Waals surface area contributed by atoms with Crippen LogP contribution in [0.2, 0.25) is 0 Å². The van der Waals surface area contributed by atoms with E-state index in [1.807, 2.05) is 4.90 Å². The molecule has 6 nitrogen and oxygen atoms in total. The van der Waals surface area contributed by atoms with Crippen LogP contribution in [0.25, 0.3) is 0 Å². The van der Waals surface area contributed by atoms with Gasteiger partial charge in [0.05, 0.1) is 0 Å². The highest BCUT2D eigenvalue weighted by Gasteiger charge is 2.34.